The van der Waals surface area contributed by atoms with Crippen molar-refractivity contribution >= 4 is 34.6 Å². The summed E-state index contributed by atoms with van der Waals surface area (Å²) in [4.78, 5) is 18.9. The predicted molar refractivity (Wildman–Crippen MR) is 99.4 cm³/mol. The molecule has 1 fully saturated rings. The normalized spacial score (nSPS) is 17.6. The van der Waals surface area contributed by atoms with Crippen LogP contribution >= 0.6 is 11.8 Å². The fourth-order valence-corrected chi connectivity index (χ4v) is 3.28. The molecule has 0 aliphatic carbocycles. The average Bonchev–Trinajstić information content (AvgIpc) is 2.86. The summed E-state index contributed by atoms with van der Waals surface area (Å²) in [6, 6.07) is 13.4. The van der Waals surface area contributed by atoms with Crippen LogP contribution in [0.3, 0.4) is 0 Å². The van der Waals surface area contributed by atoms with Crippen LogP contribution in [0, 0.1) is 5.82 Å². The number of thioether (sulfide) groups is 1. The molecule has 4 nitrogen and oxygen atoms in total. The molecular formula is C19H17FN2O2S. The monoisotopic (exact) mass is 356 g/mol. The lowest BCUT2D eigenvalue weighted by Gasteiger charge is -2.07. The van der Waals surface area contributed by atoms with Gasteiger partial charge < -0.3 is 4.74 Å². The summed E-state index contributed by atoms with van der Waals surface area (Å²) < 4.78 is 18.5. The second-order valence-electron chi connectivity index (χ2n) is 5.35. The van der Waals surface area contributed by atoms with Gasteiger partial charge in [0.15, 0.2) is 5.17 Å². The van der Waals surface area contributed by atoms with Gasteiger partial charge in [0.05, 0.1) is 17.2 Å². The number of aliphatic imine (C=N–C) groups is 1. The van der Waals surface area contributed by atoms with Crippen LogP contribution in [0.1, 0.15) is 12.5 Å². The lowest BCUT2D eigenvalue weighted by atomic mass is 10.2. The van der Waals surface area contributed by atoms with Gasteiger partial charge in [-0.15, -0.1) is 0 Å². The Balaban J connectivity index is 1.85. The highest BCUT2D eigenvalue weighted by Crippen LogP contribution is 2.33. The van der Waals surface area contributed by atoms with E-state index in [0.29, 0.717) is 22.4 Å². The Labute approximate surface area is 150 Å². The van der Waals surface area contributed by atoms with Crippen LogP contribution in [-0.4, -0.2) is 29.6 Å². The lowest BCUT2D eigenvalue weighted by Crippen LogP contribution is -2.23. The van der Waals surface area contributed by atoms with E-state index in [1.807, 2.05) is 37.3 Å². The number of likely N-dealkylation sites (N-methyl/N-ethyl adjacent to an activating group) is 1. The number of hydrogen-bond donors (Lipinski definition) is 0. The molecule has 2 aromatic rings. The molecule has 128 valence electrons. The van der Waals surface area contributed by atoms with E-state index >= 15 is 0 Å². The highest BCUT2D eigenvalue weighted by Gasteiger charge is 2.30. The van der Waals surface area contributed by atoms with Gasteiger partial charge in [0.2, 0.25) is 0 Å². The fourth-order valence-electron chi connectivity index (χ4n) is 2.29. The number of amides is 1. The van der Waals surface area contributed by atoms with E-state index in [2.05, 4.69) is 4.99 Å². The van der Waals surface area contributed by atoms with Crippen LogP contribution in [0.25, 0.3) is 6.08 Å². The van der Waals surface area contributed by atoms with Crippen LogP contribution in [0.2, 0.25) is 0 Å². The number of nitrogens with zero attached hydrogens (tertiary/aromatic N) is 2. The van der Waals surface area contributed by atoms with E-state index < -0.39 is 0 Å². The van der Waals surface area contributed by atoms with Gasteiger partial charge in [0.1, 0.15) is 11.6 Å². The van der Waals surface area contributed by atoms with Crippen molar-refractivity contribution in [1.82, 2.24) is 4.90 Å². The minimum absolute atomic E-state index is 0.118. The number of carbonyl (C=O) groups excluding carboxylic acids is 1. The molecule has 1 heterocycles. The molecule has 0 spiro atoms. The number of hydrogen-bond acceptors (Lipinski definition) is 4. The second-order valence-corrected chi connectivity index (χ2v) is 6.36. The molecule has 1 saturated heterocycles. The molecule has 1 aliphatic heterocycles. The Hall–Kier alpha value is -2.60. The van der Waals surface area contributed by atoms with E-state index in [4.69, 9.17) is 4.74 Å². The third-order valence-electron chi connectivity index (χ3n) is 3.52. The first kappa shape index (κ1) is 17.2. The first-order valence-corrected chi connectivity index (χ1v) is 8.63. The minimum atomic E-state index is -0.317. The molecule has 0 N–H and O–H groups in total. The highest BCUT2D eigenvalue weighted by atomic mass is 32.2. The Morgan fingerprint density at radius 3 is 2.72 bits per heavy atom. The summed E-state index contributed by atoms with van der Waals surface area (Å²) in [6.45, 7) is 2.51. The van der Waals surface area contributed by atoms with Crippen LogP contribution in [0.15, 0.2) is 58.4 Å². The fraction of sp³-hybridized carbons (Fsp3) is 0.158. The molecule has 25 heavy (non-hydrogen) atoms. The number of rotatable bonds is 4. The Bertz CT molecular complexity index is 847. The van der Waals surface area contributed by atoms with Gasteiger partial charge in [0, 0.05) is 7.05 Å². The summed E-state index contributed by atoms with van der Waals surface area (Å²) in [5.41, 5.74) is 1.49. The molecule has 1 aliphatic rings. The van der Waals surface area contributed by atoms with Crippen LogP contribution < -0.4 is 4.74 Å². The maximum Gasteiger partial charge on any atom is 0.266 e. The maximum absolute atomic E-state index is 13.0. The smallest absolute Gasteiger partial charge is 0.266 e. The average molecular weight is 356 g/mol. The van der Waals surface area contributed by atoms with Crippen molar-refractivity contribution in [2.45, 2.75) is 6.92 Å². The van der Waals surface area contributed by atoms with E-state index in [1.165, 1.54) is 28.8 Å². The van der Waals surface area contributed by atoms with Crippen molar-refractivity contribution in [2.75, 3.05) is 13.7 Å². The van der Waals surface area contributed by atoms with E-state index in [-0.39, 0.29) is 11.7 Å². The SMILES string of the molecule is CCOc1cccc(/C=C2/SC(=Nc3ccc(F)cc3)N(C)C2=O)c1. The van der Waals surface area contributed by atoms with Crippen molar-refractivity contribution in [3.63, 3.8) is 0 Å². The largest absolute Gasteiger partial charge is 0.494 e. The highest BCUT2D eigenvalue weighted by molar-refractivity contribution is 8.18. The van der Waals surface area contributed by atoms with E-state index in [0.717, 1.165) is 11.3 Å². The molecule has 6 heteroatoms. The van der Waals surface area contributed by atoms with Crippen LogP contribution in [0.4, 0.5) is 10.1 Å². The third kappa shape index (κ3) is 4.09. The number of ether oxygens (including phenoxy) is 1. The zero-order valence-corrected chi connectivity index (χ0v) is 14.7. The molecule has 0 atom stereocenters. The summed E-state index contributed by atoms with van der Waals surface area (Å²) >= 11 is 1.29. The van der Waals surface area contributed by atoms with Crippen molar-refractivity contribution in [1.29, 1.82) is 0 Å². The first-order valence-electron chi connectivity index (χ1n) is 7.81. The summed E-state index contributed by atoms with van der Waals surface area (Å²) in [5, 5.41) is 0.559. The number of halogens is 1. The Morgan fingerprint density at radius 1 is 1.24 bits per heavy atom. The molecule has 0 unspecified atom stereocenters. The molecule has 0 bridgehead atoms. The van der Waals surface area contributed by atoms with Crippen LogP contribution in [-0.2, 0) is 4.79 Å². The lowest BCUT2D eigenvalue weighted by molar-refractivity contribution is -0.121. The Kier molecular flexibility index (Phi) is 5.19. The zero-order valence-electron chi connectivity index (χ0n) is 13.9. The number of carbonyl (C=O) groups is 1. The van der Waals surface area contributed by atoms with Gasteiger partial charge in [-0.2, -0.15) is 0 Å². The van der Waals surface area contributed by atoms with Crippen molar-refractivity contribution in [2.24, 2.45) is 4.99 Å². The summed E-state index contributed by atoms with van der Waals surface area (Å²) in [7, 11) is 1.68. The van der Waals surface area contributed by atoms with E-state index in [9.17, 15) is 9.18 Å². The predicted octanol–water partition coefficient (Wildman–Crippen LogP) is 4.46. The van der Waals surface area contributed by atoms with Gasteiger partial charge in [-0.05, 0) is 66.7 Å². The molecule has 2 aromatic carbocycles. The molecular weight excluding hydrogens is 339 g/mol. The first-order chi connectivity index (χ1) is 12.1. The standard InChI is InChI=1S/C19H17FN2O2S/c1-3-24-16-6-4-5-13(11-16)12-17-18(23)22(2)19(25-17)21-15-9-7-14(20)8-10-15/h4-12H,3H2,1-2H3/b17-12+,21-19?. The van der Waals surface area contributed by atoms with Gasteiger partial charge in [-0.25, -0.2) is 9.38 Å². The molecule has 0 radical (unpaired) electrons. The van der Waals surface area contributed by atoms with Crippen molar-refractivity contribution in [3.8, 4) is 5.75 Å². The minimum Gasteiger partial charge on any atom is -0.494 e. The van der Waals surface area contributed by atoms with Gasteiger partial charge in [0.25, 0.3) is 5.91 Å². The topological polar surface area (TPSA) is 41.9 Å². The quantitative estimate of drug-likeness (QED) is 0.760. The van der Waals surface area contributed by atoms with Gasteiger partial charge in [-0.1, -0.05) is 12.1 Å². The van der Waals surface area contributed by atoms with Gasteiger partial charge in [-0.3, -0.25) is 9.69 Å². The number of amidine groups is 1. The molecule has 1 amide bonds. The van der Waals surface area contributed by atoms with Crippen molar-refractivity contribution < 1.29 is 13.9 Å². The molecule has 3 rings (SSSR count). The van der Waals surface area contributed by atoms with Crippen molar-refractivity contribution in [3.05, 3.63) is 64.8 Å². The summed E-state index contributed by atoms with van der Waals surface area (Å²) in [6.07, 6.45) is 1.82. The van der Waals surface area contributed by atoms with E-state index in [1.54, 1.807) is 19.2 Å². The molecule has 0 aromatic heterocycles. The van der Waals surface area contributed by atoms with Crippen LogP contribution in [0.5, 0.6) is 5.75 Å². The Morgan fingerprint density at radius 2 is 2.00 bits per heavy atom. The third-order valence-corrected chi connectivity index (χ3v) is 4.58. The zero-order chi connectivity index (χ0) is 17.8. The molecule has 0 saturated carbocycles. The maximum atomic E-state index is 13.0. The number of benzene rings is 2. The summed E-state index contributed by atoms with van der Waals surface area (Å²) in [5.74, 6) is 0.329. The van der Waals surface area contributed by atoms with Gasteiger partial charge >= 0.3 is 0 Å². The second kappa shape index (κ2) is 7.53.